The molecule has 37 heavy (non-hydrogen) atoms. The molecule has 4 heterocycles. The number of hydrogen-bond acceptors (Lipinski definition) is 6. The molecule has 1 aromatic heterocycles. The van der Waals surface area contributed by atoms with Crippen molar-refractivity contribution in [3.8, 4) is 0 Å². The average molecular weight is 563 g/mol. The summed E-state index contributed by atoms with van der Waals surface area (Å²) in [4.78, 5) is 27.2. The Morgan fingerprint density at radius 2 is 1.57 bits per heavy atom. The number of carbonyl (C=O) groups is 2. The lowest BCUT2D eigenvalue weighted by molar-refractivity contribution is -0.869. The molecular weight excluding hydrogens is 536 g/mol. The summed E-state index contributed by atoms with van der Waals surface area (Å²) >= 11 is 0. The fourth-order valence-electron chi connectivity index (χ4n) is 5.86. The molecule has 8 nitrogen and oxygen atoms in total. The molecule has 7 rings (SSSR count). The number of esters is 1. The number of amides is 2. The summed E-state index contributed by atoms with van der Waals surface area (Å²) in [6.45, 7) is 1.70. The Bertz CT molecular complexity index is 1310. The number of rotatable bonds is 3. The SMILES string of the molecule is O=C(O[C@H]1C[N+]2(C(=O)Nc3cccnn3)CCC1CC2)C1(O)c2ccccc2C=Cc2ccccc21.[Br-]. The van der Waals surface area contributed by atoms with E-state index < -0.39 is 17.7 Å². The van der Waals surface area contributed by atoms with E-state index in [1.807, 2.05) is 48.6 Å². The molecule has 4 aliphatic rings. The van der Waals surface area contributed by atoms with Crippen molar-refractivity contribution >= 4 is 30.0 Å². The van der Waals surface area contributed by atoms with Crippen LogP contribution in [0.4, 0.5) is 10.6 Å². The standard InChI is InChI=1S/C28H26N4O4.BrH/c33-26(28(35)22-8-3-1-6-19(22)11-12-20-7-2-4-9-23(20)28)36-24-18-32(16-13-21(24)14-17-32)27(34)30-25-10-5-15-29-31-25;/h1-12,15,21,24,35H,13-14,16-18H2;1H/t21?,24-,32?;/m0./s1. The van der Waals surface area contributed by atoms with Gasteiger partial charge in [0.1, 0.15) is 6.54 Å². The quantitative estimate of drug-likeness (QED) is 0.358. The summed E-state index contributed by atoms with van der Waals surface area (Å²) in [5.41, 5.74) is 0.529. The molecule has 0 unspecified atom stereocenters. The van der Waals surface area contributed by atoms with Crippen molar-refractivity contribution in [2.45, 2.75) is 24.5 Å². The Morgan fingerprint density at radius 1 is 0.946 bits per heavy atom. The first-order valence-corrected chi connectivity index (χ1v) is 12.3. The summed E-state index contributed by atoms with van der Waals surface area (Å²) in [5.74, 6) is -0.168. The molecule has 9 heteroatoms. The zero-order valence-electron chi connectivity index (χ0n) is 20.1. The van der Waals surface area contributed by atoms with Gasteiger partial charge in [0.2, 0.25) is 5.60 Å². The number of carbonyl (C=O) groups excluding carboxylic acids is 2. The van der Waals surface area contributed by atoms with Crippen LogP contribution in [0.15, 0.2) is 66.9 Å². The number of ether oxygens (including phenoxy) is 1. The highest BCUT2D eigenvalue weighted by atomic mass is 79.9. The van der Waals surface area contributed by atoms with E-state index in [2.05, 4.69) is 15.5 Å². The number of quaternary nitrogens is 1. The number of benzene rings is 2. The number of fused-ring (bicyclic) bond motifs is 5. The van der Waals surface area contributed by atoms with Gasteiger partial charge in [-0.3, -0.25) is 5.32 Å². The van der Waals surface area contributed by atoms with Crippen molar-refractivity contribution in [1.29, 1.82) is 0 Å². The van der Waals surface area contributed by atoms with Gasteiger partial charge in [0.25, 0.3) is 0 Å². The number of halogens is 1. The maximum atomic E-state index is 13.9. The molecular formula is C28H27BrN4O4. The molecule has 1 aliphatic carbocycles. The second-order valence-electron chi connectivity index (χ2n) is 9.81. The maximum absolute atomic E-state index is 13.9. The van der Waals surface area contributed by atoms with Crippen LogP contribution in [0.5, 0.6) is 0 Å². The number of urea groups is 1. The van der Waals surface area contributed by atoms with E-state index in [0.717, 1.165) is 24.0 Å². The summed E-state index contributed by atoms with van der Waals surface area (Å²) in [6.07, 6.45) is 6.41. The van der Waals surface area contributed by atoms with Gasteiger partial charge in [0.05, 0.1) is 13.1 Å². The third-order valence-electron chi connectivity index (χ3n) is 7.85. The van der Waals surface area contributed by atoms with Crippen LogP contribution < -0.4 is 22.3 Å². The van der Waals surface area contributed by atoms with Gasteiger partial charge in [-0.15, -0.1) is 5.10 Å². The van der Waals surface area contributed by atoms with Crippen LogP contribution in [0, 0.1) is 5.92 Å². The van der Waals surface area contributed by atoms with Gasteiger partial charge in [-0.05, 0) is 23.3 Å². The van der Waals surface area contributed by atoms with Crippen LogP contribution in [0.2, 0.25) is 0 Å². The van der Waals surface area contributed by atoms with E-state index in [0.29, 0.717) is 36.6 Å². The molecule has 0 spiro atoms. The number of anilines is 1. The second-order valence-corrected chi connectivity index (χ2v) is 9.81. The van der Waals surface area contributed by atoms with Crippen molar-refractivity contribution in [3.63, 3.8) is 0 Å². The molecule has 3 fully saturated rings. The fraction of sp³-hybridized carbons (Fsp3) is 0.286. The average Bonchev–Trinajstić information content (AvgIpc) is 3.05. The van der Waals surface area contributed by atoms with Crippen LogP contribution in [0.1, 0.15) is 35.1 Å². The second kappa shape index (κ2) is 9.81. The lowest BCUT2D eigenvalue weighted by Gasteiger charge is -2.49. The molecule has 0 saturated carbocycles. The Labute approximate surface area is 225 Å². The van der Waals surface area contributed by atoms with Gasteiger partial charge in [-0.1, -0.05) is 60.7 Å². The minimum Gasteiger partial charge on any atom is -1.00 e. The van der Waals surface area contributed by atoms with Gasteiger partial charge in [-0.25, -0.2) is 14.1 Å². The Kier molecular flexibility index (Phi) is 6.70. The first kappa shape index (κ1) is 25.3. The van der Waals surface area contributed by atoms with E-state index in [1.54, 1.807) is 30.5 Å². The van der Waals surface area contributed by atoms with Crippen LogP contribution in [0.25, 0.3) is 12.2 Å². The highest BCUT2D eigenvalue weighted by Crippen LogP contribution is 2.41. The van der Waals surface area contributed by atoms with Gasteiger partial charge in [0, 0.05) is 36.1 Å². The van der Waals surface area contributed by atoms with Gasteiger partial charge >= 0.3 is 12.0 Å². The number of piperidine rings is 3. The molecule has 2 aromatic carbocycles. The summed E-state index contributed by atoms with van der Waals surface area (Å²) in [6, 6.07) is 17.9. The van der Waals surface area contributed by atoms with E-state index in [9.17, 15) is 14.7 Å². The topological polar surface area (TPSA) is 101 Å². The maximum Gasteiger partial charge on any atom is 0.422 e. The molecule has 2 bridgehead atoms. The Hall–Kier alpha value is -3.40. The zero-order valence-corrected chi connectivity index (χ0v) is 21.7. The van der Waals surface area contributed by atoms with Crippen LogP contribution in [0.3, 0.4) is 0 Å². The van der Waals surface area contributed by atoms with E-state index in [4.69, 9.17) is 4.74 Å². The molecule has 1 atom stereocenters. The van der Waals surface area contributed by atoms with Crippen molar-refractivity contribution in [1.82, 2.24) is 10.2 Å². The molecule has 3 aromatic rings. The van der Waals surface area contributed by atoms with E-state index in [-0.39, 0.29) is 33.4 Å². The van der Waals surface area contributed by atoms with Gasteiger partial charge < -0.3 is 26.8 Å². The third kappa shape index (κ3) is 4.27. The van der Waals surface area contributed by atoms with Crippen LogP contribution in [-0.4, -0.2) is 57.5 Å². The first-order valence-electron chi connectivity index (χ1n) is 12.3. The molecule has 0 radical (unpaired) electrons. The minimum absolute atomic E-state index is 0. The van der Waals surface area contributed by atoms with Crippen molar-refractivity contribution in [3.05, 3.63) is 89.1 Å². The van der Waals surface area contributed by atoms with Gasteiger partial charge in [-0.2, -0.15) is 5.10 Å². The van der Waals surface area contributed by atoms with Crippen molar-refractivity contribution < 1.29 is 40.9 Å². The van der Waals surface area contributed by atoms with Crippen LogP contribution >= 0.6 is 0 Å². The molecule has 190 valence electrons. The van der Waals surface area contributed by atoms with E-state index >= 15 is 0 Å². The van der Waals surface area contributed by atoms with Crippen molar-refractivity contribution in [2.24, 2.45) is 5.92 Å². The fourth-order valence-corrected chi connectivity index (χ4v) is 5.86. The first-order chi connectivity index (χ1) is 17.5. The predicted octanol–water partition coefficient (Wildman–Crippen LogP) is 0.585. The smallest absolute Gasteiger partial charge is 0.422 e. The summed E-state index contributed by atoms with van der Waals surface area (Å²) < 4.78 is 6.29. The van der Waals surface area contributed by atoms with Crippen LogP contribution in [-0.2, 0) is 15.1 Å². The predicted molar refractivity (Wildman–Crippen MR) is 133 cm³/mol. The van der Waals surface area contributed by atoms with Crippen molar-refractivity contribution in [2.75, 3.05) is 25.0 Å². The number of aromatic nitrogens is 2. The zero-order chi connectivity index (χ0) is 24.8. The minimum atomic E-state index is -1.96. The summed E-state index contributed by atoms with van der Waals surface area (Å²) in [7, 11) is 0. The Morgan fingerprint density at radius 3 is 2.16 bits per heavy atom. The molecule has 2 amide bonds. The lowest BCUT2D eigenvalue weighted by Crippen LogP contribution is -3.00. The number of nitrogens with zero attached hydrogens (tertiary/aromatic N) is 3. The molecule has 3 aliphatic heterocycles. The Balaban J connectivity index is 0.00000280. The number of aliphatic hydroxyl groups is 1. The number of hydrogen-bond donors (Lipinski definition) is 2. The normalized spacial score (nSPS) is 24.6. The highest BCUT2D eigenvalue weighted by molar-refractivity contribution is 5.92. The molecule has 2 N–H and O–H groups in total. The summed E-state index contributed by atoms with van der Waals surface area (Å²) in [5, 5.41) is 22.7. The third-order valence-corrected chi connectivity index (χ3v) is 7.85. The lowest BCUT2D eigenvalue weighted by atomic mass is 9.81. The van der Waals surface area contributed by atoms with Gasteiger partial charge in [0.15, 0.2) is 11.9 Å². The van der Waals surface area contributed by atoms with E-state index in [1.165, 1.54) is 0 Å². The largest absolute Gasteiger partial charge is 1.00 e. The highest BCUT2D eigenvalue weighted by Gasteiger charge is 2.54. The molecule has 3 saturated heterocycles. The number of nitrogens with one attached hydrogen (secondary N) is 1. The monoisotopic (exact) mass is 562 g/mol.